The molecule has 0 N–H and O–H groups in total. The molecule has 0 aliphatic carbocycles. The fourth-order valence-corrected chi connectivity index (χ4v) is 3.89. The number of carbonyl (C=O) groups excluding carboxylic acids is 2. The first kappa shape index (κ1) is 18.2. The average Bonchev–Trinajstić information content (AvgIpc) is 2.22. The number of alkyl halides is 7. The first-order chi connectivity index (χ1) is 8.48. The van der Waals surface area contributed by atoms with E-state index < -0.39 is 44.9 Å². The predicted molar refractivity (Wildman–Crippen MR) is 58.1 cm³/mol. The van der Waals surface area contributed by atoms with Crippen molar-refractivity contribution in [2.24, 2.45) is 0 Å². The van der Waals surface area contributed by atoms with Crippen LogP contribution in [-0.4, -0.2) is 28.7 Å². The minimum absolute atomic E-state index is 0.182. The van der Waals surface area contributed by atoms with Crippen molar-refractivity contribution < 1.29 is 42.1 Å². The molecule has 0 aromatic heterocycles. The number of hydrogen-bond donors (Lipinski definition) is 0. The molecular formula is C8H9F6IO4. The van der Waals surface area contributed by atoms with Gasteiger partial charge in [0, 0.05) is 0 Å². The van der Waals surface area contributed by atoms with Crippen molar-refractivity contribution in [3.63, 3.8) is 0 Å². The van der Waals surface area contributed by atoms with Crippen molar-refractivity contribution in [3.05, 3.63) is 0 Å². The molecule has 114 valence electrons. The zero-order valence-electron chi connectivity index (χ0n) is 9.40. The van der Waals surface area contributed by atoms with Crippen LogP contribution in [0, 0.1) is 0 Å². The van der Waals surface area contributed by atoms with Gasteiger partial charge >= 0.3 is 111 Å². The molecule has 0 aromatic rings. The monoisotopic (exact) mass is 410 g/mol. The van der Waals surface area contributed by atoms with Crippen LogP contribution in [0.5, 0.6) is 0 Å². The van der Waals surface area contributed by atoms with Gasteiger partial charge in [0.1, 0.15) is 0 Å². The number of hydrogen-bond acceptors (Lipinski definition) is 4. The average molecular weight is 410 g/mol. The van der Waals surface area contributed by atoms with Gasteiger partial charge in [-0.15, -0.1) is 0 Å². The third-order valence-corrected chi connectivity index (χ3v) is 4.84. The van der Waals surface area contributed by atoms with Crippen molar-refractivity contribution in [1.29, 1.82) is 0 Å². The summed E-state index contributed by atoms with van der Waals surface area (Å²) >= 11 is -3.90. The summed E-state index contributed by atoms with van der Waals surface area (Å²) in [6, 6.07) is 0. The molecule has 0 heterocycles. The van der Waals surface area contributed by atoms with Gasteiger partial charge in [-0.2, -0.15) is 0 Å². The van der Waals surface area contributed by atoms with Gasteiger partial charge in [-0.1, -0.05) is 0 Å². The van der Waals surface area contributed by atoms with Crippen molar-refractivity contribution >= 4 is 32.6 Å². The normalized spacial score (nSPS) is 12.9. The molecule has 0 saturated heterocycles. The van der Waals surface area contributed by atoms with E-state index in [4.69, 9.17) is 0 Å². The summed E-state index contributed by atoms with van der Waals surface area (Å²) in [7, 11) is 0. The van der Waals surface area contributed by atoms with E-state index in [1.54, 1.807) is 6.92 Å². The standard InChI is InChI=1S/C8H9F6IO4/c1-2-3-4-15(18-5(16)7(9,10)11)19-6(17)8(12,13)14/h2-4H2,1H3. The Bertz CT molecular complexity index is 298. The SMILES string of the molecule is CCCCI(OC(=O)C(F)(F)F)OC(=O)C(F)(F)F. The first-order valence-corrected chi connectivity index (χ1v) is 8.02. The third kappa shape index (κ3) is 7.42. The molecule has 0 aromatic carbocycles. The minimum atomic E-state index is -5.34. The number of carbonyl (C=O) groups is 2. The fourth-order valence-electron chi connectivity index (χ4n) is 0.579. The summed E-state index contributed by atoms with van der Waals surface area (Å²) in [5.41, 5.74) is 0. The Kier molecular flexibility index (Phi) is 6.86. The molecule has 0 amide bonds. The molecule has 0 saturated carbocycles. The summed E-state index contributed by atoms with van der Waals surface area (Å²) in [6.45, 7) is 1.62. The van der Waals surface area contributed by atoms with Gasteiger partial charge in [-0.05, 0) is 0 Å². The second-order valence-corrected chi connectivity index (χ2v) is 6.61. The van der Waals surface area contributed by atoms with E-state index in [2.05, 4.69) is 6.13 Å². The molecule has 0 fully saturated rings. The maximum atomic E-state index is 11.9. The number of rotatable bonds is 5. The molecule has 19 heavy (non-hydrogen) atoms. The van der Waals surface area contributed by atoms with Crippen molar-refractivity contribution in [3.8, 4) is 0 Å². The maximum absolute atomic E-state index is 11.9. The Hall–Kier alpha value is -0.750. The summed E-state index contributed by atoms with van der Waals surface area (Å²) in [6.07, 6.45) is -10.1. The van der Waals surface area contributed by atoms with Crippen molar-refractivity contribution in [2.75, 3.05) is 4.43 Å². The van der Waals surface area contributed by atoms with Crippen LogP contribution in [0.4, 0.5) is 26.3 Å². The van der Waals surface area contributed by atoms with Gasteiger partial charge in [-0.3, -0.25) is 0 Å². The van der Waals surface area contributed by atoms with Crippen LogP contribution in [0.25, 0.3) is 0 Å². The van der Waals surface area contributed by atoms with E-state index in [-0.39, 0.29) is 10.8 Å². The van der Waals surface area contributed by atoms with Gasteiger partial charge in [0.15, 0.2) is 0 Å². The number of unbranched alkanes of at least 4 members (excludes halogenated alkanes) is 1. The molecular weight excluding hydrogens is 401 g/mol. The zero-order valence-corrected chi connectivity index (χ0v) is 11.6. The Morgan fingerprint density at radius 3 is 1.58 bits per heavy atom. The van der Waals surface area contributed by atoms with E-state index in [1.165, 1.54) is 0 Å². The quantitative estimate of drug-likeness (QED) is 0.397. The second-order valence-electron chi connectivity index (χ2n) is 3.05. The van der Waals surface area contributed by atoms with Crippen LogP contribution < -0.4 is 0 Å². The summed E-state index contributed by atoms with van der Waals surface area (Å²) in [5.74, 6) is -5.30. The van der Waals surface area contributed by atoms with Gasteiger partial charge in [-0.25, -0.2) is 0 Å². The molecule has 11 heteroatoms. The fraction of sp³-hybridized carbons (Fsp3) is 0.750. The van der Waals surface area contributed by atoms with E-state index in [1.807, 2.05) is 0 Å². The Morgan fingerprint density at radius 1 is 0.947 bits per heavy atom. The van der Waals surface area contributed by atoms with Gasteiger partial charge in [0.05, 0.1) is 0 Å². The number of halogens is 7. The molecule has 0 atom stereocenters. The second kappa shape index (κ2) is 7.14. The molecule has 0 unspecified atom stereocenters. The molecule has 0 aliphatic heterocycles. The van der Waals surface area contributed by atoms with Crippen LogP contribution in [0.3, 0.4) is 0 Å². The van der Waals surface area contributed by atoms with E-state index in [0.717, 1.165) is 0 Å². The Morgan fingerprint density at radius 2 is 1.32 bits per heavy atom. The van der Waals surface area contributed by atoms with Gasteiger partial charge in [0.25, 0.3) is 0 Å². The van der Waals surface area contributed by atoms with Gasteiger partial charge in [0.2, 0.25) is 0 Å². The van der Waals surface area contributed by atoms with Crippen molar-refractivity contribution in [1.82, 2.24) is 0 Å². The van der Waals surface area contributed by atoms with E-state index in [0.29, 0.717) is 6.42 Å². The Balaban J connectivity index is 4.65. The summed E-state index contributed by atoms with van der Waals surface area (Å²) < 4.78 is 78.7. The molecule has 0 radical (unpaired) electrons. The van der Waals surface area contributed by atoms with E-state index >= 15 is 0 Å². The third-order valence-electron chi connectivity index (χ3n) is 1.42. The molecule has 0 spiro atoms. The summed E-state index contributed by atoms with van der Waals surface area (Å²) in [4.78, 5) is 21.0. The van der Waals surface area contributed by atoms with Crippen LogP contribution in [0.2, 0.25) is 0 Å². The first-order valence-electron chi connectivity index (χ1n) is 4.73. The van der Waals surface area contributed by atoms with Crippen LogP contribution in [-0.2, 0) is 15.7 Å². The predicted octanol–water partition coefficient (Wildman–Crippen LogP) is 3.33. The van der Waals surface area contributed by atoms with E-state index in [9.17, 15) is 35.9 Å². The van der Waals surface area contributed by atoms with Gasteiger partial charge < -0.3 is 0 Å². The van der Waals surface area contributed by atoms with Crippen LogP contribution >= 0.6 is 20.6 Å². The molecule has 4 nitrogen and oxygen atoms in total. The Labute approximate surface area is 111 Å². The molecule has 0 aliphatic rings. The molecule has 0 bridgehead atoms. The van der Waals surface area contributed by atoms with Crippen LogP contribution in [0.1, 0.15) is 19.8 Å². The summed E-state index contributed by atoms with van der Waals surface area (Å²) in [5, 5.41) is 0. The zero-order chi connectivity index (χ0) is 15.3. The topological polar surface area (TPSA) is 52.6 Å². The van der Waals surface area contributed by atoms with Crippen molar-refractivity contribution in [2.45, 2.75) is 32.1 Å². The van der Waals surface area contributed by atoms with Crippen LogP contribution in [0.15, 0.2) is 0 Å². The molecule has 0 rings (SSSR count).